The summed E-state index contributed by atoms with van der Waals surface area (Å²) in [6.07, 6.45) is 0.679. The van der Waals surface area contributed by atoms with E-state index in [1.807, 2.05) is 24.3 Å². The minimum Gasteiger partial charge on any atom is -0.493 e. The molecule has 0 saturated carbocycles. The van der Waals surface area contributed by atoms with Crippen molar-refractivity contribution in [3.63, 3.8) is 0 Å². The van der Waals surface area contributed by atoms with Crippen LogP contribution in [0.1, 0.15) is 21.5 Å². The molecule has 1 aliphatic heterocycles. The van der Waals surface area contributed by atoms with Gasteiger partial charge in [0.1, 0.15) is 0 Å². The van der Waals surface area contributed by atoms with E-state index in [0.717, 1.165) is 22.5 Å². The second kappa shape index (κ2) is 8.09. The maximum absolute atomic E-state index is 13.8. The smallest absolute Gasteiger partial charge is 0.263 e. The molecule has 5 nitrogen and oxygen atoms in total. The minimum absolute atomic E-state index is 0.263. The number of methoxy groups -OCH3 is 3. The number of ether oxygens (including phenoxy) is 3. The molecule has 7 heteroatoms. The molecule has 3 aromatic carbocycles. The third-order valence-corrected chi connectivity index (χ3v) is 5.54. The molecule has 0 fully saturated rings. The first-order chi connectivity index (χ1) is 14.5. The summed E-state index contributed by atoms with van der Waals surface area (Å²) in [5.74, 6) is 0.952. The highest BCUT2D eigenvalue weighted by Gasteiger charge is 2.30. The zero-order valence-electron chi connectivity index (χ0n) is 16.7. The first-order valence-corrected chi connectivity index (χ1v) is 9.93. The van der Waals surface area contributed by atoms with Gasteiger partial charge in [-0.1, -0.05) is 35.3 Å². The van der Waals surface area contributed by atoms with Crippen LogP contribution in [-0.2, 0) is 6.42 Å². The van der Waals surface area contributed by atoms with Crippen LogP contribution in [0.25, 0.3) is 0 Å². The predicted octanol–water partition coefficient (Wildman–Crippen LogP) is 5.90. The van der Waals surface area contributed by atoms with Gasteiger partial charge in [-0.25, -0.2) is 0 Å². The Morgan fingerprint density at radius 3 is 1.73 bits per heavy atom. The van der Waals surface area contributed by atoms with Gasteiger partial charge in [-0.3, -0.25) is 9.69 Å². The molecule has 4 rings (SSSR count). The number of nitrogens with zero attached hydrogens (tertiary/aromatic N) is 1. The highest BCUT2D eigenvalue weighted by Crippen LogP contribution is 2.44. The SMILES string of the molecule is COc1cc(C(=O)N2c3cc(Cl)ccc3Cc3ccc(Cl)cc32)cc(OC)c1OC. The summed E-state index contributed by atoms with van der Waals surface area (Å²) in [6, 6.07) is 14.4. The van der Waals surface area contributed by atoms with Crippen molar-refractivity contribution in [3.8, 4) is 17.2 Å². The molecule has 0 aliphatic carbocycles. The molecule has 0 N–H and O–H groups in total. The van der Waals surface area contributed by atoms with Crippen LogP contribution in [0.3, 0.4) is 0 Å². The molecule has 30 heavy (non-hydrogen) atoms. The Balaban J connectivity index is 1.91. The molecule has 154 valence electrons. The number of amides is 1. The molecule has 3 aromatic rings. The average molecular weight is 444 g/mol. The fourth-order valence-electron chi connectivity index (χ4n) is 3.68. The van der Waals surface area contributed by atoms with Gasteiger partial charge < -0.3 is 14.2 Å². The van der Waals surface area contributed by atoms with E-state index in [1.54, 1.807) is 29.2 Å². The molecule has 0 bridgehead atoms. The van der Waals surface area contributed by atoms with Crippen LogP contribution in [0.5, 0.6) is 17.2 Å². The summed E-state index contributed by atoms with van der Waals surface area (Å²) in [5, 5.41) is 1.09. The topological polar surface area (TPSA) is 48.0 Å². The standard InChI is InChI=1S/C23H19Cl2NO4/c1-28-20-9-15(10-21(29-2)22(20)30-3)23(27)26-18-11-16(24)6-4-13(18)8-14-5-7-17(25)12-19(14)26/h4-7,9-12H,8H2,1-3H3. The maximum atomic E-state index is 13.8. The van der Waals surface area contributed by atoms with Crippen molar-refractivity contribution in [3.05, 3.63) is 75.3 Å². The van der Waals surface area contributed by atoms with Crippen molar-refractivity contribution in [2.45, 2.75) is 6.42 Å². The van der Waals surface area contributed by atoms with Gasteiger partial charge in [0.15, 0.2) is 11.5 Å². The van der Waals surface area contributed by atoms with E-state index in [-0.39, 0.29) is 5.91 Å². The van der Waals surface area contributed by atoms with Gasteiger partial charge in [0.05, 0.1) is 32.7 Å². The Kier molecular flexibility index (Phi) is 5.50. The average Bonchev–Trinajstić information content (AvgIpc) is 2.76. The van der Waals surface area contributed by atoms with Crippen molar-refractivity contribution in [2.75, 3.05) is 26.2 Å². The van der Waals surface area contributed by atoms with E-state index in [4.69, 9.17) is 37.4 Å². The molecular formula is C23H19Cl2NO4. The second-order valence-electron chi connectivity index (χ2n) is 6.78. The summed E-state index contributed by atoms with van der Waals surface area (Å²) in [5.41, 5.74) is 3.81. The minimum atomic E-state index is -0.263. The van der Waals surface area contributed by atoms with E-state index in [1.165, 1.54) is 21.3 Å². The number of carbonyl (C=O) groups is 1. The van der Waals surface area contributed by atoms with Crippen LogP contribution in [0.4, 0.5) is 11.4 Å². The highest BCUT2D eigenvalue weighted by molar-refractivity contribution is 6.32. The number of halogens is 2. The van der Waals surface area contributed by atoms with Gasteiger partial charge in [0.25, 0.3) is 5.91 Å². The molecule has 1 heterocycles. The second-order valence-corrected chi connectivity index (χ2v) is 7.65. The van der Waals surface area contributed by atoms with Crippen LogP contribution in [0.15, 0.2) is 48.5 Å². The molecule has 0 aromatic heterocycles. The molecule has 1 amide bonds. The van der Waals surface area contributed by atoms with E-state index in [0.29, 0.717) is 39.3 Å². The first-order valence-electron chi connectivity index (χ1n) is 9.18. The number of hydrogen-bond donors (Lipinski definition) is 0. The molecule has 0 atom stereocenters. The Hall–Kier alpha value is -2.89. The van der Waals surface area contributed by atoms with Crippen LogP contribution in [-0.4, -0.2) is 27.2 Å². The zero-order chi connectivity index (χ0) is 21.4. The summed E-state index contributed by atoms with van der Waals surface area (Å²) in [7, 11) is 4.54. The fraction of sp³-hybridized carbons (Fsp3) is 0.174. The van der Waals surface area contributed by atoms with E-state index in [2.05, 4.69) is 0 Å². The first kappa shape index (κ1) is 20.4. The van der Waals surface area contributed by atoms with Gasteiger partial charge in [-0.05, 0) is 47.5 Å². The van der Waals surface area contributed by atoms with Crippen LogP contribution in [0.2, 0.25) is 10.0 Å². The molecule has 0 spiro atoms. The van der Waals surface area contributed by atoms with Crippen molar-refractivity contribution >= 4 is 40.5 Å². The van der Waals surface area contributed by atoms with Crippen molar-refractivity contribution < 1.29 is 19.0 Å². The van der Waals surface area contributed by atoms with E-state index in [9.17, 15) is 4.79 Å². The fourth-order valence-corrected chi connectivity index (χ4v) is 4.01. The van der Waals surface area contributed by atoms with Crippen LogP contribution in [0, 0.1) is 0 Å². The molecule has 0 unspecified atom stereocenters. The van der Waals surface area contributed by atoms with Gasteiger partial charge in [0, 0.05) is 22.0 Å². The lowest BCUT2D eigenvalue weighted by molar-refractivity contribution is 0.0997. The summed E-state index contributed by atoms with van der Waals surface area (Å²) < 4.78 is 16.2. The normalized spacial score (nSPS) is 12.1. The Morgan fingerprint density at radius 1 is 0.800 bits per heavy atom. The largest absolute Gasteiger partial charge is 0.493 e. The molecule has 0 saturated heterocycles. The van der Waals surface area contributed by atoms with Crippen molar-refractivity contribution in [2.24, 2.45) is 0 Å². The molecule has 1 aliphatic rings. The lowest BCUT2D eigenvalue weighted by Crippen LogP contribution is -2.30. The number of hydrogen-bond acceptors (Lipinski definition) is 4. The highest BCUT2D eigenvalue weighted by atomic mass is 35.5. The number of carbonyl (C=O) groups excluding carboxylic acids is 1. The number of anilines is 2. The van der Waals surface area contributed by atoms with Gasteiger partial charge in [0.2, 0.25) is 5.75 Å². The molecule has 0 radical (unpaired) electrons. The number of benzene rings is 3. The predicted molar refractivity (Wildman–Crippen MR) is 118 cm³/mol. The monoisotopic (exact) mass is 443 g/mol. The van der Waals surface area contributed by atoms with Gasteiger partial charge >= 0.3 is 0 Å². The summed E-state index contributed by atoms with van der Waals surface area (Å²) >= 11 is 12.5. The lowest BCUT2D eigenvalue weighted by Gasteiger charge is -2.32. The van der Waals surface area contributed by atoms with Gasteiger partial charge in [-0.2, -0.15) is 0 Å². The van der Waals surface area contributed by atoms with Crippen LogP contribution >= 0.6 is 23.2 Å². The Labute approximate surface area is 184 Å². The Bertz CT molecular complexity index is 1070. The third kappa shape index (κ3) is 3.44. The summed E-state index contributed by atoms with van der Waals surface area (Å²) in [6.45, 7) is 0. The van der Waals surface area contributed by atoms with Crippen molar-refractivity contribution in [1.29, 1.82) is 0 Å². The number of rotatable bonds is 4. The third-order valence-electron chi connectivity index (χ3n) is 5.07. The zero-order valence-corrected chi connectivity index (χ0v) is 18.2. The van der Waals surface area contributed by atoms with Crippen molar-refractivity contribution in [1.82, 2.24) is 0 Å². The summed E-state index contributed by atoms with van der Waals surface area (Å²) in [4.78, 5) is 15.4. The quantitative estimate of drug-likeness (QED) is 0.503. The Morgan fingerprint density at radius 2 is 1.30 bits per heavy atom. The van der Waals surface area contributed by atoms with Crippen LogP contribution < -0.4 is 19.1 Å². The maximum Gasteiger partial charge on any atom is 0.263 e. The van der Waals surface area contributed by atoms with E-state index >= 15 is 0 Å². The molecular weight excluding hydrogens is 425 g/mol. The lowest BCUT2D eigenvalue weighted by atomic mass is 9.94. The van der Waals surface area contributed by atoms with E-state index < -0.39 is 0 Å². The number of fused-ring (bicyclic) bond motifs is 2. The van der Waals surface area contributed by atoms with Gasteiger partial charge in [-0.15, -0.1) is 0 Å².